The van der Waals surface area contributed by atoms with Crippen LogP contribution in [0.15, 0.2) is 47.4 Å². The third-order valence-electron chi connectivity index (χ3n) is 6.83. The second-order valence-corrected chi connectivity index (χ2v) is 11.5. The lowest BCUT2D eigenvalue weighted by Gasteiger charge is -2.22. The van der Waals surface area contributed by atoms with E-state index in [1.165, 1.54) is 44.2 Å². The predicted molar refractivity (Wildman–Crippen MR) is 140 cm³/mol. The summed E-state index contributed by atoms with van der Waals surface area (Å²) in [6, 6.07) is 11.7. The van der Waals surface area contributed by atoms with Crippen molar-refractivity contribution in [1.82, 2.24) is 14.1 Å². The lowest BCUT2D eigenvalue weighted by Crippen LogP contribution is -2.32. The van der Waals surface area contributed by atoms with E-state index in [0.717, 1.165) is 35.9 Å². The molecule has 1 fully saturated rings. The van der Waals surface area contributed by atoms with Gasteiger partial charge in [0.05, 0.1) is 17.0 Å². The van der Waals surface area contributed by atoms with Crippen molar-refractivity contribution >= 4 is 26.7 Å². The Kier molecular flexibility index (Phi) is 8.44. The summed E-state index contributed by atoms with van der Waals surface area (Å²) in [7, 11) is -3.60. The number of nitrogens with one attached hydrogen (secondary N) is 1. The van der Waals surface area contributed by atoms with Crippen LogP contribution in [0.2, 0.25) is 0 Å². The van der Waals surface area contributed by atoms with Crippen LogP contribution < -0.4 is 5.32 Å². The molecule has 1 aromatic heterocycles. The summed E-state index contributed by atoms with van der Waals surface area (Å²) < 4.78 is 43.7. The fraction of sp³-hybridized carbons (Fsp3) is 0.519. The predicted octanol–water partition coefficient (Wildman–Crippen LogP) is 6.03. The highest BCUT2D eigenvalue weighted by Gasteiger charge is 2.25. The van der Waals surface area contributed by atoms with Crippen molar-refractivity contribution in [3.05, 3.63) is 53.8 Å². The zero-order chi connectivity index (χ0) is 24.8. The van der Waals surface area contributed by atoms with Crippen LogP contribution in [-0.4, -0.2) is 42.1 Å². The van der Waals surface area contributed by atoms with Gasteiger partial charge in [0.15, 0.2) is 5.82 Å². The van der Waals surface area contributed by atoms with Gasteiger partial charge in [-0.15, -0.1) is 0 Å². The summed E-state index contributed by atoms with van der Waals surface area (Å²) in [6.45, 7) is 6.31. The number of rotatable bonds is 11. The molecule has 1 heterocycles. The van der Waals surface area contributed by atoms with Gasteiger partial charge < -0.3 is 5.32 Å². The molecule has 35 heavy (non-hydrogen) atoms. The molecule has 0 radical (unpaired) electrons. The summed E-state index contributed by atoms with van der Waals surface area (Å²) in [5.74, 6) is 1.05. The number of nitrogens with zero attached hydrogens (tertiary/aromatic N) is 3. The van der Waals surface area contributed by atoms with Gasteiger partial charge in [-0.25, -0.2) is 12.8 Å². The Morgan fingerprint density at radius 1 is 1.03 bits per heavy atom. The van der Waals surface area contributed by atoms with E-state index in [9.17, 15) is 12.8 Å². The van der Waals surface area contributed by atoms with E-state index in [2.05, 4.69) is 5.32 Å². The summed E-state index contributed by atoms with van der Waals surface area (Å²) in [5, 5.41) is 9.17. The molecule has 1 aliphatic carbocycles. The molecule has 0 bridgehead atoms. The van der Waals surface area contributed by atoms with Crippen molar-refractivity contribution in [1.29, 1.82) is 0 Å². The monoisotopic (exact) mass is 500 g/mol. The number of anilines is 1. The van der Waals surface area contributed by atoms with Gasteiger partial charge in [-0.1, -0.05) is 45.2 Å². The molecule has 1 N–H and O–H groups in total. The first-order valence-electron chi connectivity index (χ1n) is 12.9. The standard InChI is InChI=1S/C27H37FN4O2S/c1-3-16-31(17-4-2)35(33,34)24-14-15-26-25(18-24)27(29-19-21-8-6-5-7-9-21)30-32(26)20-22-10-12-23(28)13-11-22/h10-15,18,21H,3-9,16-17,19-20H2,1-2H3,(H,29,30). The number of fused-ring (bicyclic) bond motifs is 1. The molecule has 4 rings (SSSR count). The first-order valence-corrected chi connectivity index (χ1v) is 14.4. The SMILES string of the molecule is CCCN(CCC)S(=O)(=O)c1ccc2c(c1)c(NCC1CCCCC1)nn2Cc1ccc(F)cc1. The third-order valence-corrected chi connectivity index (χ3v) is 8.73. The zero-order valence-electron chi connectivity index (χ0n) is 20.8. The van der Waals surface area contributed by atoms with Crippen LogP contribution >= 0.6 is 0 Å². The van der Waals surface area contributed by atoms with Crippen LogP contribution in [0.3, 0.4) is 0 Å². The van der Waals surface area contributed by atoms with Crippen LogP contribution in [-0.2, 0) is 16.6 Å². The molecule has 2 aromatic carbocycles. The fourth-order valence-electron chi connectivity index (χ4n) is 4.96. The summed E-state index contributed by atoms with van der Waals surface area (Å²) in [4.78, 5) is 0.300. The van der Waals surface area contributed by atoms with Crippen LogP contribution in [0.5, 0.6) is 0 Å². The third kappa shape index (κ3) is 6.04. The van der Waals surface area contributed by atoms with Crippen molar-refractivity contribution < 1.29 is 12.8 Å². The highest BCUT2D eigenvalue weighted by Crippen LogP contribution is 2.30. The molecular formula is C27H37FN4O2S. The Morgan fingerprint density at radius 3 is 2.37 bits per heavy atom. The van der Waals surface area contributed by atoms with E-state index >= 15 is 0 Å². The minimum atomic E-state index is -3.60. The van der Waals surface area contributed by atoms with E-state index in [1.54, 1.807) is 28.6 Å². The van der Waals surface area contributed by atoms with Crippen molar-refractivity contribution in [2.45, 2.75) is 70.2 Å². The molecule has 0 unspecified atom stereocenters. The van der Waals surface area contributed by atoms with Crippen LogP contribution in [0, 0.1) is 11.7 Å². The van der Waals surface area contributed by atoms with Crippen LogP contribution in [0.1, 0.15) is 64.4 Å². The number of aromatic nitrogens is 2. The van der Waals surface area contributed by atoms with E-state index < -0.39 is 10.0 Å². The maximum absolute atomic E-state index is 13.4. The number of hydrogen-bond donors (Lipinski definition) is 1. The highest BCUT2D eigenvalue weighted by molar-refractivity contribution is 7.89. The molecule has 0 amide bonds. The normalized spacial score (nSPS) is 15.2. The van der Waals surface area contributed by atoms with Crippen molar-refractivity contribution in [2.75, 3.05) is 25.0 Å². The molecule has 190 valence electrons. The molecule has 0 atom stereocenters. The Morgan fingerprint density at radius 2 is 1.71 bits per heavy atom. The number of benzene rings is 2. The first kappa shape index (κ1) is 25.6. The van der Waals surface area contributed by atoms with Gasteiger partial charge in [0.25, 0.3) is 0 Å². The molecule has 0 spiro atoms. The van der Waals surface area contributed by atoms with E-state index in [1.807, 2.05) is 24.6 Å². The Hall–Kier alpha value is -2.45. The Labute approximate surface area is 208 Å². The molecule has 6 nitrogen and oxygen atoms in total. The maximum atomic E-state index is 13.4. The zero-order valence-corrected chi connectivity index (χ0v) is 21.7. The second-order valence-electron chi connectivity index (χ2n) is 9.60. The maximum Gasteiger partial charge on any atom is 0.243 e. The average molecular weight is 501 g/mol. The van der Waals surface area contributed by atoms with Gasteiger partial charge in [0.2, 0.25) is 10.0 Å². The van der Waals surface area contributed by atoms with Gasteiger partial charge in [0, 0.05) is 25.0 Å². The molecule has 3 aromatic rings. The lowest BCUT2D eigenvalue weighted by molar-refractivity contribution is 0.373. The van der Waals surface area contributed by atoms with E-state index in [4.69, 9.17) is 5.10 Å². The topological polar surface area (TPSA) is 67.2 Å². The second kappa shape index (κ2) is 11.5. The van der Waals surface area contributed by atoms with E-state index in [0.29, 0.717) is 36.3 Å². The van der Waals surface area contributed by atoms with Crippen molar-refractivity contribution in [3.63, 3.8) is 0 Å². The van der Waals surface area contributed by atoms with Crippen molar-refractivity contribution in [3.8, 4) is 0 Å². The number of hydrogen-bond acceptors (Lipinski definition) is 4. The number of halogens is 1. The van der Waals surface area contributed by atoms with Gasteiger partial charge in [-0.2, -0.15) is 9.40 Å². The molecule has 0 aliphatic heterocycles. The largest absolute Gasteiger partial charge is 0.368 e. The van der Waals surface area contributed by atoms with Gasteiger partial charge in [0.1, 0.15) is 5.82 Å². The fourth-order valence-corrected chi connectivity index (χ4v) is 6.62. The molecule has 1 aliphatic rings. The molecule has 8 heteroatoms. The minimum absolute atomic E-state index is 0.271. The van der Waals surface area contributed by atoms with Gasteiger partial charge in [-0.3, -0.25) is 4.68 Å². The Bertz CT molecular complexity index is 1210. The van der Waals surface area contributed by atoms with Crippen LogP contribution in [0.25, 0.3) is 10.9 Å². The summed E-state index contributed by atoms with van der Waals surface area (Å²) in [5.41, 5.74) is 1.79. The summed E-state index contributed by atoms with van der Waals surface area (Å²) in [6.07, 6.45) is 7.79. The number of sulfonamides is 1. The molecular weight excluding hydrogens is 463 g/mol. The van der Waals surface area contributed by atoms with E-state index in [-0.39, 0.29) is 5.82 Å². The molecule has 1 saturated carbocycles. The Balaban J connectivity index is 1.70. The first-order chi connectivity index (χ1) is 16.9. The average Bonchev–Trinajstić information content (AvgIpc) is 3.21. The van der Waals surface area contributed by atoms with Gasteiger partial charge in [-0.05, 0) is 67.5 Å². The minimum Gasteiger partial charge on any atom is -0.368 e. The van der Waals surface area contributed by atoms with Crippen molar-refractivity contribution in [2.24, 2.45) is 5.92 Å². The van der Waals surface area contributed by atoms with Gasteiger partial charge >= 0.3 is 0 Å². The highest BCUT2D eigenvalue weighted by atomic mass is 32.2. The van der Waals surface area contributed by atoms with Crippen LogP contribution in [0.4, 0.5) is 10.2 Å². The summed E-state index contributed by atoms with van der Waals surface area (Å²) >= 11 is 0. The quantitative estimate of drug-likeness (QED) is 0.349. The molecule has 0 saturated heterocycles. The lowest BCUT2D eigenvalue weighted by atomic mass is 9.89. The smallest absolute Gasteiger partial charge is 0.243 e.